The van der Waals surface area contributed by atoms with Crippen molar-refractivity contribution in [3.8, 4) is 0 Å². The van der Waals surface area contributed by atoms with E-state index in [-0.39, 0.29) is 12.6 Å². The second-order valence-electron chi connectivity index (χ2n) is 4.21. The molecule has 94 valence electrons. The Morgan fingerprint density at radius 3 is 2.72 bits per heavy atom. The summed E-state index contributed by atoms with van der Waals surface area (Å²) in [4.78, 5) is 11.6. The highest BCUT2D eigenvalue weighted by atomic mass is 16.3. The molecular weight excluding hydrogens is 228 g/mol. The fraction of sp³-hybridized carbons (Fsp3) is 0.214. The zero-order chi connectivity index (χ0) is 13.0. The number of hydrogen-bond acceptors (Lipinski definition) is 2. The Bertz CT molecular complexity index is 547. The van der Waals surface area contributed by atoms with E-state index in [9.17, 15) is 4.79 Å². The van der Waals surface area contributed by atoms with Crippen LogP contribution in [0.3, 0.4) is 0 Å². The summed E-state index contributed by atoms with van der Waals surface area (Å²) in [5.41, 5.74) is 0.760. The first kappa shape index (κ1) is 12.4. The normalized spacial score (nSPS) is 12.1. The average molecular weight is 244 g/mol. The van der Waals surface area contributed by atoms with Gasteiger partial charge in [0.05, 0.1) is 11.8 Å². The lowest BCUT2D eigenvalue weighted by molar-refractivity contribution is 0.190. The van der Waals surface area contributed by atoms with Crippen LogP contribution in [0.4, 0.5) is 10.5 Å². The Balaban J connectivity index is 2.14. The third-order valence-corrected chi connectivity index (χ3v) is 2.60. The SMILES string of the molecule is CC(O)CNC(=O)Nc1cccc2ccccc12. The van der Waals surface area contributed by atoms with Gasteiger partial charge in [-0.15, -0.1) is 0 Å². The molecule has 1 atom stereocenters. The van der Waals surface area contributed by atoms with E-state index < -0.39 is 6.10 Å². The van der Waals surface area contributed by atoms with Crippen LogP contribution in [0, 0.1) is 0 Å². The van der Waals surface area contributed by atoms with Gasteiger partial charge in [-0.05, 0) is 18.4 Å². The fourth-order valence-corrected chi connectivity index (χ4v) is 1.74. The van der Waals surface area contributed by atoms with Crippen LogP contribution >= 0.6 is 0 Å². The van der Waals surface area contributed by atoms with E-state index in [2.05, 4.69) is 10.6 Å². The lowest BCUT2D eigenvalue weighted by Crippen LogP contribution is -2.34. The van der Waals surface area contributed by atoms with Gasteiger partial charge in [-0.2, -0.15) is 0 Å². The molecule has 0 fully saturated rings. The minimum absolute atomic E-state index is 0.233. The number of carbonyl (C=O) groups is 1. The number of aliphatic hydroxyl groups excluding tert-OH is 1. The van der Waals surface area contributed by atoms with E-state index in [0.29, 0.717) is 0 Å². The highest BCUT2D eigenvalue weighted by molar-refractivity contribution is 6.01. The lowest BCUT2D eigenvalue weighted by atomic mass is 10.1. The molecule has 0 aliphatic rings. The van der Waals surface area contributed by atoms with Crippen molar-refractivity contribution in [2.24, 2.45) is 0 Å². The minimum Gasteiger partial charge on any atom is -0.392 e. The van der Waals surface area contributed by atoms with E-state index in [0.717, 1.165) is 16.5 Å². The van der Waals surface area contributed by atoms with Gasteiger partial charge in [0.15, 0.2) is 0 Å². The summed E-state index contributed by atoms with van der Waals surface area (Å²) in [6.45, 7) is 1.86. The minimum atomic E-state index is -0.553. The van der Waals surface area contributed by atoms with Crippen LogP contribution in [-0.4, -0.2) is 23.8 Å². The molecular formula is C14H16N2O2. The van der Waals surface area contributed by atoms with Gasteiger partial charge in [-0.3, -0.25) is 0 Å². The molecule has 2 rings (SSSR count). The second-order valence-corrected chi connectivity index (χ2v) is 4.21. The van der Waals surface area contributed by atoms with Gasteiger partial charge in [-0.25, -0.2) is 4.79 Å². The van der Waals surface area contributed by atoms with Crippen LogP contribution in [0.15, 0.2) is 42.5 Å². The van der Waals surface area contributed by atoms with Crippen molar-refractivity contribution >= 4 is 22.5 Å². The highest BCUT2D eigenvalue weighted by Gasteiger charge is 2.05. The summed E-state index contributed by atoms with van der Waals surface area (Å²) >= 11 is 0. The first-order valence-corrected chi connectivity index (χ1v) is 5.87. The van der Waals surface area contributed by atoms with Crippen LogP contribution in [-0.2, 0) is 0 Å². The van der Waals surface area contributed by atoms with Crippen molar-refractivity contribution in [2.75, 3.05) is 11.9 Å². The number of nitrogens with one attached hydrogen (secondary N) is 2. The van der Waals surface area contributed by atoms with Crippen LogP contribution in [0.1, 0.15) is 6.92 Å². The first-order chi connectivity index (χ1) is 8.66. The summed E-state index contributed by atoms with van der Waals surface area (Å²) in [5, 5.41) is 16.5. The largest absolute Gasteiger partial charge is 0.392 e. The topological polar surface area (TPSA) is 61.4 Å². The van der Waals surface area contributed by atoms with E-state index in [4.69, 9.17) is 5.11 Å². The number of benzene rings is 2. The Kier molecular flexibility index (Phi) is 3.79. The molecule has 0 aromatic heterocycles. The highest BCUT2D eigenvalue weighted by Crippen LogP contribution is 2.22. The molecule has 4 heteroatoms. The summed E-state index contributed by atoms with van der Waals surface area (Å²) in [6.07, 6.45) is -0.553. The van der Waals surface area contributed by atoms with E-state index in [1.165, 1.54) is 0 Å². The Labute approximate surface area is 106 Å². The second kappa shape index (κ2) is 5.51. The summed E-state index contributed by atoms with van der Waals surface area (Å²) in [5.74, 6) is 0. The van der Waals surface area contributed by atoms with Crippen molar-refractivity contribution in [1.29, 1.82) is 0 Å². The number of anilines is 1. The van der Waals surface area contributed by atoms with Gasteiger partial charge >= 0.3 is 6.03 Å². The number of rotatable bonds is 3. The zero-order valence-electron chi connectivity index (χ0n) is 10.2. The molecule has 2 aromatic carbocycles. The summed E-state index contributed by atoms with van der Waals surface area (Å²) < 4.78 is 0. The molecule has 0 saturated carbocycles. The zero-order valence-corrected chi connectivity index (χ0v) is 10.2. The van der Waals surface area contributed by atoms with Crippen molar-refractivity contribution in [3.63, 3.8) is 0 Å². The van der Waals surface area contributed by atoms with E-state index in [1.807, 2.05) is 42.5 Å². The van der Waals surface area contributed by atoms with Crippen molar-refractivity contribution in [2.45, 2.75) is 13.0 Å². The predicted molar refractivity (Wildman–Crippen MR) is 72.7 cm³/mol. The molecule has 3 N–H and O–H groups in total. The van der Waals surface area contributed by atoms with Gasteiger partial charge in [0.1, 0.15) is 0 Å². The van der Waals surface area contributed by atoms with Crippen molar-refractivity contribution in [1.82, 2.24) is 5.32 Å². The maximum Gasteiger partial charge on any atom is 0.319 e. The molecule has 0 radical (unpaired) electrons. The van der Waals surface area contributed by atoms with Gasteiger partial charge < -0.3 is 15.7 Å². The number of hydrogen-bond donors (Lipinski definition) is 3. The third-order valence-electron chi connectivity index (χ3n) is 2.60. The molecule has 18 heavy (non-hydrogen) atoms. The van der Waals surface area contributed by atoms with Crippen LogP contribution in [0.25, 0.3) is 10.8 Å². The summed E-state index contributed by atoms with van der Waals surface area (Å²) in [6, 6.07) is 13.3. The fourth-order valence-electron chi connectivity index (χ4n) is 1.74. The van der Waals surface area contributed by atoms with E-state index in [1.54, 1.807) is 6.92 Å². The molecule has 0 aliphatic heterocycles. The van der Waals surface area contributed by atoms with Crippen molar-refractivity contribution < 1.29 is 9.90 Å². The standard InChI is InChI=1S/C14H16N2O2/c1-10(17)9-15-14(18)16-13-8-4-6-11-5-2-3-7-12(11)13/h2-8,10,17H,9H2,1H3,(H2,15,16,18). The molecule has 0 spiro atoms. The van der Waals surface area contributed by atoms with Crippen LogP contribution < -0.4 is 10.6 Å². The van der Waals surface area contributed by atoms with Gasteiger partial charge in [0, 0.05) is 11.9 Å². The molecule has 0 heterocycles. The number of carbonyl (C=O) groups excluding carboxylic acids is 1. The number of fused-ring (bicyclic) bond motifs is 1. The summed E-state index contributed by atoms with van der Waals surface area (Å²) in [7, 11) is 0. The van der Waals surface area contributed by atoms with Gasteiger partial charge in [0.25, 0.3) is 0 Å². The number of amides is 2. The van der Waals surface area contributed by atoms with Gasteiger partial charge in [-0.1, -0.05) is 36.4 Å². The van der Waals surface area contributed by atoms with Crippen LogP contribution in [0.2, 0.25) is 0 Å². The smallest absolute Gasteiger partial charge is 0.319 e. The molecule has 1 unspecified atom stereocenters. The Hall–Kier alpha value is -2.07. The molecule has 2 amide bonds. The third kappa shape index (κ3) is 2.99. The quantitative estimate of drug-likeness (QED) is 0.776. The average Bonchev–Trinajstić information content (AvgIpc) is 2.37. The lowest BCUT2D eigenvalue weighted by Gasteiger charge is -2.11. The number of urea groups is 1. The molecule has 0 aliphatic carbocycles. The van der Waals surface area contributed by atoms with Crippen LogP contribution in [0.5, 0.6) is 0 Å². The number of aliphatic hydroxyl groups is 1. The molecule has 2 aromatic rings. The maximum atomic E-state index is 11.6. The van der Waals surface area contributed by atoms with Crippen molar-refractivity contribution in [3.05, 3.63) is 42.5 Å². The monoisotopic (exact) mass is 244 g/mol. The predicted octanol–water partition coefficient (Wildman–Crippen LogP) is 2.34. The molecule has 0 saturated heterocycles. The molecule has 0 bridgehead atoms. The Morgan fingerprint density at radius 1 is 1.22 bits per heavy atom. The van der Waals surface area contributed by atoms with Gasteiger partial charge in [0.2, 0.25) is 0 Å². The van der Waals surface area contributed by atoms with E-state index >= 15 is 0 Å². The maximum absolute atomic E-state index is 11.6. The Morgan fingerprint density at radius 2 is 1.94 bits per heavy atom. The molecule has 4 nitrogen and oxygen atoms in total. The first-order valence-electron chi connectivity index (χ1n) is 5.87.